The molecule has 6 aromatic rings. The molecule has 0 aliphatic heterocycles. The van der Waals surface area contributed by atoms with Crippen molar-refractivity contribution in [3.8, 4) is 33.8 Å². The third-order valence-corrected chi connectivity index (χ3v) is 7.01. The molecule has 0 radical (unpaired) electrons. The van der Waals surface area contributed by atoms with Gasteiger partial charge in [0.2, 0.25) is 0 Å². The van der Waals surface area contributed by atoms with E-state index in [0.717, 1.165) is 86.6 Å². The minimum atomic E-state index is -0.276. The van der Waals surface area contributed by atoms with Crippen molar-refractivity contribution in [3.63, 3.8) is 0 Å². The molecule has 0 saturated heterocycles. The second kappa shape index (κ2) is 11.1. The van der Waals surface area contributed by atoms with Crippen LogP contribution in [0.3, 0.4) is 0 Å². The number of hydrogen-bond donors (Lipinski definition) is 3. The quantitative estimate of drug-likeness (QED) is 0.205. The van der Waals surface area contributed by atoms with E-state index in [9.17, 15) is 4.39 Å². The lowest BCUT2D eigenvalue weighted by Gasteiger charge is -2.13. The first-order chi connectivity index (χ1) is 19.8. The summed E-state index contributed by atoms with van der Waals surface area (Å²) in [5.41, 5.74) is 9.55. The minimum absolute atomic E-state index is 0.276. The standard InChI is InChI=1S/C32H33FN8/c1-40(2)11-10-35-24-14-21(13-23(33)15-24)25-6-5-7-28-26(25)16-30(36-28)32-31-29(38-39-32)9-8-27(37-31)22-12-20(17-34-18-22)19-41(3)4/h5-9,12-18,35-36H,10-11,19H2,1-4H3,(H,38,39). The highest BCUT2D eigenvalue weighted by molar-refractivity contribution is 6.00. The summed E-state index contributed by atoms with van der Waals surface area (Å²) >= 11 is 0. The van der Waals surface area contributed by atoms with Crippen molar-refractivity contribution in [1.82, 2.24) is 34.9 Å². The molecule has 41 heavy (non-hydrogen) atoms. The van der Waals surface area contributed by atoms with E-state index in [-0.39, 0.29) is 5.82 Å². The van der Waals surface area contributed by atoms with Gasteiger partial charge in [-0.3, -0.25) is 10.1 Å². The highest BCUT2D eigenvalue weighted by atomic mass is 19.1. The molecule has 0 aliphatic rings. The van der Waals surface area contributed by atoms with E-state index in [2.05, 4.69) is 47.4 Å². The maximum absolute atomic E-state index is 14.7. The lowest BCUT2D eigenvalue weighted by molar-refractivity contribution is 0.402. The first-order valence-electron chi connectivity index (χ1n) is 13.6. The zero-order valence-corrected chi connectivity index (χ0v) is 23.7. The summed E-state index contributed by atoms with van der Waals surface area (Å²) in [7, 11) is 8.11. The molecular formula is C32H33FN8. The molecule has 0 unspecified atom stereocenters. The van der Waals surface area contributed by atoms with Crippen LogP contribution in [0.25, 0.3) is 55.7 Å². The van der Waals surface area contributed by atoms with Crippen LogP contribution in [0.5, 0.6) is 0 Å². The van der Waals surface area contributed by atoms with Crippen LogP contribution in [0.15, 0.2) is 73.1 Å². The van der Waals surface area contributed by atoms with Crippen molar-refractivity contribution in [2.75, 3.05) is 46.6 Å². The smallest absolute Gasteiger partial charge is 0.135 e. The lowest BCUT2D eigenvalue weighted by Crippen LogP contribution is -2.20. The summed E-state index contributed by atoms with van der Waals surface area (Å²) < 4.78 is 14.7. The van der Waals surface area contributed by atoms with E-state index in [0.29, 0.717) is 0 Å². The SMILES string of the molecule is CN(C)CCNc1cc(F)cc(-c2cccc3[nH]c(-c4n[nH]c5ccc(-c6cncc(CN(C)C)c6)nc45)cc23)c1. The Morgan fingerprint density at radius 1 is 0.878 bits per heavy atom. The third-order valence-electron chi connectivity index (χ3n) is 7.01. The fraction of sp³-hybridized carbons (Fsp3) is 0.219. The zero-order chi connectivity index (χ0) is 28.5. The van der Waals surface area contributed by atoms with E-state index in [1.165, 1.54) is 6.07 Å². The summed E-state index contributed by atoms with van der Waals surface area (Å²) in [4.78, 5) is 17.1. The minimum Gasteiger partial charge on any atom is -0.384 e. The van der Waals surface area contributed by atoms with Crippen LogP contribution in [0.4, 0.5) is 10.1 Å². The Morgan fingerprint density at radius 3 is 2.59 bits per heavy atom. The summed E-state index contributed by atoms with van der Waals surface area (Å²) in [5.74, 6) is -0.276. The molecular weight excluding hydrogens is 515 g/mol. The second-order valence-electron chi connectivity index (χ2n) is 10.9. The van der Waals surface area contributed by atoms with Gasteiger partial charge in [-0.15, -0.1) is 0 Å². The van der Waals surface area contributed by atoms with E-state index < -0.39 is 0 Å². The Kier molecular flexibility index (Phi) is 7.21. The van der Waals surface area contributed by atoms with E-state index >= 15 is 0 Å². The molecule has 208 valence electrons. The number of pyridine rings is 2. The maximum atomic E-state index is 14.7. The fourth-order valence-corrected chi connectivity index (χ4v) is 5.13. The number of nitrogens with one attached hydrogen (secondary N) is 3. The molecule has 0 atom stereocenters. The monoisotopic (exact) mass is 548 g/mol. The lowest BCUT2D eigenvalue weighted by atomic mass is 10.0. The number of likely N-dealkylation sites (N-methyl/N-ethyl adjacent to an activating group) is 1. The van der Waals surface area contributed by atoms with Crippen LogP contribution in [0, 0.1) is 5.82 Å². The normalized spacial score (nSPS) is 11.8. The summed E-state index contributed by atoms with van der Waals surface area (Å²) in [6, 6.07) is 19.3. The Balaban J connectivity index is 1.37. The number of H-pyrrole nitrogens is 2. The molecule has 2 aromatic carbocycles. The van der Waals surface area contributed by atoms with Gasteiger partial charge in [0.1, 0.15) is 17.0 Å². The molecule has 0 amide bonds. The average Bonchev–Trinajstić information content (AvgIpc) is 3.56. The first-order valence-corrected chi connectivity index (χ1v) is 13.6. The predicted octanol–water partition coefficient (Wildman–Crippen LogP) is 6.01. The number of aromatic amines is 2. The van der Waals surface area contributed by atoms with E-state index in [4.69, 9.17) is 4.98 Å². The number of nitrogens with zero attached hydrogens (tertiary/aromatic N) is 5. The Morgan fingerprint density at radius 2 is 1.76 bits per heavy atom. The van der Waals surface area contributed by atoms with Crippen molar-refractivity contribution >= 4 is 27.6 Å². The summed E-state index contributed by atoms with van der Waals surface area (Å²) in [6.45, 7) is 2.38. The Hall–Kier alpha value is -4.60. The van der Waals surface area contributed by atoms with Crippen LogP contribution >= 0.6 is 0 Å². The van der Waals surface area contributed by atoms with E-state index in [1.54, 1.807) is 6.07 Å². The summed E-state index contributed by atoms with van der Waals surface area (Å²) in [6.07, 6.45) is 3.72. The van der Waals surface area contributed by atoms with Crippen LogP contribution in [-0.2, 0) is 6.54 Å². The maximum Gasteiger partial charge on any atom is 0.135 e. The molecule has 9 heteroatoms. The Labute approximate surface area is 238 Å². The van der Waals surface area contributed by atoms with Crippen LogP contribution in [0.1, 0.15) is 5.56 Å². The van der Waals surface area contributed by atoms with Crippen molar-refractivity contribution < 1.29 is 4.39 Å². The summed E-state index contributed by atoms with van der Waals surface area (Å²) in [5, 5.41) is 12.1. The number of benzene rings is 2. The van der Waals surface area contributed by atoms with Gasteiger partial charge in [-0.2, -0.15) is 5.10 Å². The molecule has 0 bridgehead atoms. The molecule has 4 heterocycles. The van der Waals surface area contributed by atoms with Crippen LogP contribution in [-0.4, -0.2) is 76.2 Å². The number of halogens is 1. The van der Waals surface area contributed by atoms with Crippen LogP contribution in [0.2, 0.25) is 0 Å². The number of aromatic nitrogens is 5. The van der Waals surface area contributed by atoms with Gasteiger partial charge in [-0.05, 0) is 93.4 Å². The van der Waals surface area contributed by atoms with Gasteiger partial charge >= 0.3 is 0 Å². The van der Waals surface area contributed by atoms with Gasteiger partial charge in [0.15, 0.2) is 0 Å². The van der Waals surface area contributed by atoms with E-state index in [1.807, 2.05) is 77.0 Å². The number of anilines is 1. The highest BCUT2D eigenvalue weighted by Crippen LogP contribution is 2.35. The molecule has 0 spiro atoms. The topological polar surface area (TPSA) is 88.8 Å². The van der Waals surface area contributed by atoms with Gasteiger partial charge in [-0.1, -0.05) is 12.1 Å². The van der Waals surface area contributed by atoms with Gasteiger partial charge in [-0.25, -0.2) is 9.37 Å². The third kappa shape index (κ3) is 5.68. The van der Waals surface area contributed by atoms with Crippen molar-refractivity contribution in [3.05, 3.63) is 84.4 Å². The van der Waals surface area contributed by atoms with Gasteiger partial charge in [0, 0.05) is 54.2 Å². The predicted molar refractivity (Wildman–Crippen MR) is 164 cm³/mol. The second-order valence-corrected chi connectivity index (χ2v) is 10.9. The molecule has 0 aliphatic carbocycles. The largest absolute Gasteiger partial charge is 0.384 e. The fourth-order valence-electron chi connectivity index (χ4n) is 5.13. The van der Waals surface area contributed by atoms with Crippen molar-refractivity contribution in [2.24, 2.45) is 0 Å². The number of hydrogen-bond acceptors (Lipinski definition) is 6. The first kappa shape index (κ1) is 26.6. The molecule has 0 fully saturated rings. The molecule has 6 rings (SSSR count). The number of fused-ring (bicyclic) bond motifs is 2. The van der Waals surface area contributed by atoms with Gasteiger partial charge in [0.05, 0.1) is 16.9 Å². The highest BCUT2D eigenvalue weighted by Gasteiger charge is 2.16. The molecule has 0 saturated carbocycles. The molecule has 4 aromatic heterocycles. The van der Waals surface area contributed by atoms with Crippen LogP contribution < -0.4 is 5.32 Å². The molecule has 3 N–H and O–H groups in total. The number of rotatable bonds is 9. The Bertz CT molecular complexity index is 1840. The average molecular weight is 549 g/mol. The van der Waals surface area contributed by atoms with Gasteiger partial charge in [0.25, 0.3) is 0 Å². The van der Waals surface area contributed by atoms with Crippen molar-refractivity contribution in [2.45, 2.75) is 6.54 Å². The molecule has 8 nitrogen and oxygen atoms in total. The zero-order valence-electron chi connectivity index (χ0n) is 23.7. The van der Waals surface area contributed by atoms with Crippen molar-refractivity contribution in [1.29, 1.82) is 0 Å². The van der Waals surface area contributed by atoms with Gasteiger partial charge < -0.3 is 20.1 Å².